The number of nitrogens with one attached hydrogen (secondary N) is 1. The Labute approximate surface area is 152 Å². The van der Waals surface area contributed by atoms with E-state index in [1.165, 1.54) is 6.92 Å². The van der Waals surface area contributed by atoms with Crippen LogP contribution < -0.4 is 5.32 Å². The molecule has 2 unspecified atom stereocenters. The van der Waals surface area contributed by atoms with Gasteiger partial charge in [-0.15, -0.1) is 0 Å². The third-order valence-corrected chi connectivity index (χ3v) is 3.78. The highest BCUT2D eigenvalue weighted by Crippen LogP contribution is 2.28. The van der Waals surface area contributed by atoms with Crippen LogP contribution in [0.15, 0.2) is 30.5 Å². The second-order valence-corrected chi connectivity index (χ2v) is 7.27. The Morgan fingerprint density at radius 2 is 1.88 bits per heavy atom. The quantitative estimate of drug-likeness (QED) is 0.677. The predicted octanol–water partition coefficient (Wildman–Crippen LogP) is 1.51. The van der Waals surface area contributed by atoms with E-state index in [0.717, 1.165) is 10.9 Å². The van der Waals surface area contributed by atoms with Crippen molar-refractivity contribution in [2.45, 2.75) is 52.0 Å². The highest BCUT2D eigenvalue weighted by molar-refractivity contribution is 5.86. The molecule has 0 saturated carbocycles. The van der Waals surface area contributed by atoms with Gasteiger partial charge in [-0.2, -0.15) is 0 Å². The van der Waals surface area contributed by atoms with Crippen LogP contribution in [-0.2, 0) is 20.9 Å². The van der Waals surface area contributed by atoms with E-state index in [-0.39, 0.29) is 19.0 Å². The van der Waals surface area contributed by atoms with Crippen LogP contribution in [0.1, 0.15) is 39.4 Å². The molecule has 1 amide bonds. The molecule has 3 N–H and O–H groups in total. The summed E-state index contributed by atoms with van der Waals surface area (Å²) in [4.78, 5) is 23.2. The smallest absolute Gasteiger partial charge is 0.326 e. The zero-order chi connectivity index (χ0) is 19.5. The molecule has 0 bridgehead atoms. The molecule has 142 valence electrons. The number of rotatable bonds is 6. The van der Waals surface area contributed by atoms with Crippen LogP contribution in [0.4, 0.5) is 0 Å². The number of hydrogen-bond acceptors (Lipinski definition) is 5. The Morgan fingerprint density at radius 1 is 1.23 bits per heavy atom. The summed E-state index contributed by atoms with van der Waals surface area (Å²) in [7, 11) is 0. The molecule has 0 radical (unpaired) electrons. The minimum Gasteiger partial charge on any atom is -0.459 e. The Kier molecular flexibility index (Phi) is 6.05. The van der Waals surface area contributed by atoms with Gasteiger partial charge in [0.1, 0.15) is 24.4 Å². The molecular weight excluding hydrogens is 336 g/mol. The number of ether oxygens (including phenoxy) is 1. The first-order valence-electron chi connectivity index (χ1n) is 8.48. The number of benzene rings is 1. The van der Waals surface area contributed by atoms with Crippen molar-refractivity contribution in [1.29, 1.82) is 0 Å². The van der Waals surface area contributed by atoms with Crippen molar-refractivity contribution in [2.75, 3.05) is 6.54 Å². The Morgan fingerprint density at radius 3 is 2.50 bits per heavy atom. The number of nitrogens with zero attached hydrogens (tertiary/aromatic N) is 1. The number of fused-ring (bicyclic) bond motifs is 1. The maximum Gasteiger partial charge on any atom is 0.326 e. The lowest BCUT2D eigenvalue weighted by Crippen LogP contribution is -2.34. The van der Waals surface area contributed by atoms with Gasteiger partial charge < -0.3 is 24.8 Å². The Hall–Kier alpha value is -2.38. The molecule has 0 aliphatic rings. The Bertz CT molecular complexity index is 791. The maximum atomic E-state index is 12.2. The van der Waals surface area contributed by atoms with Crippen molar-refractivity contribution in [3.63, 3.8) is 0 Å². The first kappa shape index (κ1) is 19.9. The van der Waals surface area contributed by atoms with E-state index in [4.69, 9.17) is 4.74 Å². The first-order valence-corrected chi connectivity index (χ1v) is 8.48. The number of esters is 1. The van der Waals surface area contributed by atoms with Crippen molar-refractivity contribution in [3.8, 4) is 0 Å². The third-order valence-electron chi connectivity index (χ3n) is 3.78. The number of aliphatic hydroxyl groups excluding tert-OH is 2. The second kappa shape index (κ2) is 7.88. The fourth-order valence-corrected chi connectivity index (χ4v) is 2.72. The summed E-state index contributed by atoms with van der Waals surface area (Å²) in [6, 6.07) is 7.29. The zero-order valence-corrected chi connectivity index (χ0v) is 15.5. The fourth-order valence-electron chi connectivity index (χ4n) is 2.72. The molecule has 1 heterocycles. The molecule has 0 fully saturated rings. The lowest BCUT2D eigenvalue weighted by Gasteiger charge is -2.20. The van der Waals surface area contributed by atoms with Crippen LogP contribution in [-0.4, -0.2) is 44.9 Å². The average Bonchev–Trinajstić information content (AvgIpc) is 2.88. The van der Waals surface area contributed by atoms with Gasteiger partial charge >= 0.3 is 5.97 Å². The van der Waals surface area contributed by atoms with Gasteiger partial charge in [-0.3, -0.25) is 9.59 Å². The van der Waals surface area contributed by atoms with Gasteiger partial charge in [0.2, 0.25) is 5.91 Å². The van der Waals surface area contributed by atoms with Crippen LogP contribution in [0.3, 0.4) is 0 Å². The van der Waals surface area contributed by atoms with E-state index in [9.17, 15) is 19.8 Å². The van der Waals surface area contributed by atoms with Gasteiger partial charge in [0.15, 0.2) is 0 Å². The van der Waals surface area contributed by atoms with Crippen LogP contribution in [0, 0.1) is 0 Å². The van der Waals surface area contributed by atoms with Crippen LogP contribution in [0.25, 0.3) is 10.9 Å². The average molecular weight is 362 g/mol. The molecule has 7 nitrogen and oxygen atoms in total. The highest BCUT2D eigenvalue weighted by Gasteiger charge is 2.24. The maximum absolute atomic E-state index is 12.2. The van der Waals surface area contributed by atoms with E-state index in [2.05, 4.69) is 5.32 Å². The summed E-state index contributed by atoms with van der Waals surface area (Å²) in [6.07, 6.45) is -0.734. The number of amides is 1. The summed E-state index contributed by atoms with van der Waals surface area (Å²) in [6.45, 7) is 6.66. The van der Waals surface area contributed by atoms with Crippen molar-refractivity contribution in [3.05, 3.63) is 36.0 Å². The van der Waals surface area contributed by atoms with Crippen molar-refractivity contribution < 1.29 is 24.5 Å². The fraction of sp³-hybridized carbons (Fsp3) is 0.474. The van der Waals surface area contributed by atoms with Gasteiger partial charge in [-0.25, -0.2) is 0 Å². The van der Waals surface area contributed by atoms with Gasteiger partial charge in [-0.05, 0) is 26.8 Å². The molecule has 0 saturated heterocycles. The van der Waals surface area contributed by atoms with Crippen molar-refractivity contribution in [2.24, 2.45) is 0 Å². The van der Waals surface area contributed by atoms with E-state index in [1.807, 2.05) is 24.3 Å². The molecule has 26 heavy (non-hydrogen) atoms. The Balaban J connectivity index is 2.28. The number of aromatic nitrogens is 1. The minimum atomic E-state index is -1.20. The molecule has 1 aromatic heterocycles. The molecular formula is C19H26N2O5. The molecule has 0 aliphatic carbocycles. The third kappa shape index (κ3) is 5.06. The number of aliphatic hydroxyl groups is 2. The van der Waals surface area contributed by atoms with E-state index >= 15 is 0 Å². The zero-order valence-electron chi connectivity index (χ0n) is 15.5. The SMILES string of the molecule is CC(=O)NCC(O)C(O)c1cn(CC(=O)OC(C)(C)C)c2ccccc12. The molecule has 0 aliphatic heterocycles. The summed E-state index contributed by atoms with van der Waals surface area (Å²) < 4.78 is 7.04. The van der Waals surface area contributed by atoms with E-state index in [1.54, 1.807) is 31.5 Å². The monoisotopic (exact) mass is 362 g/mol. The van der Waals surface area contributed by atoms with Gasteiger partial charge in [0.05, 0.1) is 0 Å². The van der Waals surface area contributed by atoms with Gasteiger partial charge in [0.25, 0.3) is 0 Å². The van der Waals surface area contributed by atoms with Gasteiger partial charge in [0, 0.05) is 36.1 Å². The largest absolute Gasteiger partial charge is 0.459 e. The summed E-state index contributed by atoms with van der Waals surface area (Å²) in [5.41, 5.74) is 0.651. The standard InChI is InChI=1S/C19H26N2O5/c1-12(22)20-9-16(23)18(25)14-10-21(11-17(24)26-19(2,3)4)15-8-6-5-7-13(14)15/h5-8,10,16,18,23,25H,9,11H2,1-4H3,(H,20,22). The minimum absolute atomic E-state index is 0.00764. The van der Waals surface area contributed by atoms with E-state index in [0.29, 0.717) is 5.56 Å². The van der Waals surface area contributed by atoms with Crippen LogP contribution in [0.2, 0.25) is 0 Å². The molecule has 7 heteroatoms. The predicted molar refractivity (Wildman–Crippen MR) is 97.4 cm³/mol. The number of hydrogen-bond donors (Lipinski definition) is 3. The summed E-state index contributed by atoms with van der Waals surface area (Å²) in [5.74, 6) is -0.679. The molecule has 1 aromatic carbocycles. The normalized spacial score (nSPS) is 14.1. The topological polar surface area (TPSA) is 101 Å². The van der Waals surface area contributed by atoms with Crippen LogP contribution in [0.5, 0.6) is 0 Å². The molecule has 2 aromatic rings. The molecule has 2 atom stereocenters. The van der Waals surface area contributed by atoms with E-state index < -0.39 is 23.8 Å². The highest BCUT2D eigenvalue weighted by atomic mass is 16.6. The number of carbonyl (C=O) groups is 2. The second-order valence-electron chi connectivity index (χ2n) is 7.27. The lowest BCUT2D eigenvalue weighted by atomic mass is 10.0. The van der Waals surface area contributed by atoms with Crippen molar-refractivity contribution >= 4 is 22.8 Å². The lowest BCUT2D eigenvalue weighted by molar-refractivity contribution is -0.155. The van der Waals surface area contributed by atoms with Crippen LogP contribution >= 0.6 is 0 Å². The molecule has 0 spiro atoms. The first-order chi connectivity index (χ1) is 12.1. The number of para-hydroxylation sites is 1. The number of carbonyl (C=O) groups excluding carboxylic acids is 2. The van der Waals surface area contributed by atoms with Gasteiger partial charge in [-0.1, -0.05) is 18.2 Å². The summed E-state index contributed by atoms with van der Waals surface area (Å²) >= 11 is 0. The van der Waals surface area contributed by atoms with Crippen molar-refractivity contribution in [1.82, 2.24) is 9.88 Å². The summed E-state index contributed by atoms with van der Waals surface area (Å²) in [5, 5.41) is 23.9. The molecule has 2 rings (SSSR count).